The highest BCUT2D eigenvalue weighted by Crippen LogP contribution is 2.19. The Bertz CT molecular complexity index is 589. The number of sulfone groups is 1. The smallest absolute Gasteiger partial charge is 0.321 e. The number of nitrogens with one attached hydrogen (secondary N) is 2. The Hall–Kier alpha value is -0.930. The van der Waals surface area contributed by atoms with Gasteiger partial charge in [0.25, 0.3) is 0 Å². The normalized spacial score (nSPS) is 24.5. The summed E-state index contributed by atoms with van der Waals surface area (Å²) >= 11 is 7.21. The fraction of sp³-hybridized carbons (Fsp3) is 0.700. The molecule has 0 saturated carbocycles. The summed E-state index contributed by atoms with van der Waals surface area (Å²) in [4.78, 5) is 11.8. The molecule has 1 aliphatic rings. The van der Waals surface area contributed by atoms with E-state index in [9.17, 15) is 13.2 Å². The number of alkyl halides is 1. The van der Waals surface area contributed by atoms with Crippen molar-refractivity contribution < 1.29 is 13.2 Å². The largest absolute Gasteiger partial charge is 0.333 e. The highest BCUT2D eigenvalue weighted by molar-refractivity contribution is 7.91. The number of carbonyl (C=O) groups is 1. The molecular weight excluding hydrogens is 324 g/mol. The minimum Gasteiger partial charge on any atom is -0.333 e. The first-order valence-electron chi connectivity index (χ1n) is 6.14. The number of halogens is 1. The molecule has 0 aromatic carbocycles. The zero-order chi connectivity index (χ0) is 14.8. The van der Waals surface area contributed by atoms with Crippen molar-refractivity contribution >= 4 is 43.9 Å². The first kappa shape index (κ1) is 15.5. The molecule has 2 atom stereocenters. The molecule has 0 bridgehead atoms. The van der Waals surface area contributed by atoms with Gasteiger partial charge in [-0.2, -0.15) is 0 Å². The van der Waals surface area contributed by atoms with E-state index >= 15 is 0 Å². The Morgan fingerprint density at radius 3 is 2.80 bits per heavy atom. The van der Waals surface area contributed by atoms with Crippen LogP contribution in [-0.4, -0.2) is 47.6 Å². The molecular formula is C10H15ClN4O3S2. The molecule has 1 saturated heterocycles. The van der Waals surface area contributed by atoms with E-state index in [4.69, 9.17) is 11.6 Å². The zero-order valence-electron chi connectivity index (χ0n) is 10.8. The van der Waals surface area contributed by atoms with Crippen LogP contribution >= 0.6 is 22.9 Å². The molecule has 0 spiro atoms. The summed E-state index contributed by atoms with van der Waals surface area (Å²) in [6, 6.07) is -1.10. The van der Waals surface area contributed by atoms with E-state index in [2.05, 4.69) is 20.8 Å². The van der Waals surface area contributed by atoms with Crippen molar-refractivity contribution in [2.75, 3.05) is 16.8 Å². The third kappa shape index (κ3) is 4.03. The molecule has 7 nitrogen and oxygen atoms in total. The van der Waals surface area contributed by atoms with Crippen molar-refractivity contribution in [1.82, 2.24) is 15.5 Å². The van der Waals surface area contributed by atoms with Gasteiger partial charge in [-0.05, 0) is 6.42 Å². The average molecular weight is 339 g/mol. The van der Waals surface area contributed by atoms with Crippen molar-refractivity contribution in [1.29, 1.82) is 0 Å². The predicted octanol–water partition coefficient (Wildman–Crippen LogP) is 1.02. The molecule has 0 radical (unpaired) electrons. The summed E-state index contributed by atoms with van der Waals surface area (Å²) in [7, 11) is -3.17. The Morgan fingerprint density at radius 2 is 2.20 bits per heavy atom. The molecule has 1 aliphatic heterocycles. The highest BCUT2D eigenvalue weighted by Gasteiger charge is 2.37. The van der Waals surface area contributed by atoms with Crippen LogP contribution in [0.2, 0.25) is 0 Å². The molecule has 2 heterocycles. The molecule has 2 N–H and O–H groups in total. The lowest BCUT2D eigenvalue weighted by atomic mass is 10.2. The molecule has 2 rings (SSSR count). The van der Waals surface area contributed by atoms with Crippen molar-refractivity contribution in [3.63, 3.8) is 0 Å². The van der Waals surface area contributed by atoms with Crippen LogP contribution in [0.25, 0.3) is 0 Å². The first-order chi connectivity index (χ1) is 9.39. The number of carbonyl (C=O) groups excluding carboxylic acids is 1. The number of urea groups is 1. The fourth-order valence-corrected chi connectivity index (χ4v) is 5.24. The first-order valence-corrected chi connectivity index (χ1v) is 9.21. The SMILES string of the molecule is CCCc1nnc(NC(=O)N[C@H]2CS(=O)(=O)C[C@@H]2Cl)s1. The van der Waals surface area contributed by atoms with E-state index in [1.807, 2.05) is 6.92 Å². The van der Waals surface area contributed by atoms with Crippen LogP contribution in [0.5, 0.6) is 0 Å². The van der Waals surface area contributed by atoms with Crippen LogP contribution in [0, 0.1) is 0 Å². The lowest BCUT2D eigenvalue weighted by Crippen LogP contribution is -2.42. The number of anilines is 1. The monoisotopic (exact) mass is 338 g/mol. The summed E-state index contributed by atoms with van der Waals surface area (Å²) in [6.45, 7) is 2.03. The summed E-state index contributed by atoms with van der Waals surface area (Å²) in [5.41, 5.74) is 0. The second-order valence-electron chi connectivity index (χ2n) is 4.55. The Kier molecular flexibility index (Phi) is 4.82. The van der Waals surface area contributed by atoms with Gasteiger partial charge in [-0.1, -0.05) is 18.3 Å². The summed E-state index contributed by atoms with van der Waals surface area (Å²) < 4.78 is 22.8. The van der Waals surface area contributed by atoms with Gasteiger partial charge in [0.15, 0.2) is 9.84 Å². The maximum atomic E-state index is 11.8. The average Bonchev–Trinajstić information content (AvgIpc) is 2.84. The van der Waals surface area contributed by atoms with E-state index in [1.165, 1.54) is 11.3 Å². The number of nitrogens with zero attached hydrogens (tertiary/aromatic N) is 2. The van der Waals surface area contributed by atoms with Gasteiger partial charge < -0.3 is 5.32 Å². The lowest BCUT2D eigenvalue weighted by molar-refractivity contribution is 0.249. The van der Waals surface area contributed by atoms with E-state index in [1.54, 1.807) is 0 Å². The van der Waals surface area contributed by atoms with Crippen molar-refractivity contribution in [2.24, 2.45) is 0 Å². The van der Waals surface area contributed by atoms with Crippen LogP contribution in [0.3, 0.4) is 0 Å². The number of amides is 2. The quantitative estimate of drug-likeness (QED) is 0.798. The lowest BCUT2D eigenvalue weighted by Gasteiger charge is -2.13. The van der Waals surface area contributed by atoms with Gasteiger partial charge in [-0.3, -0.25) is 5.32 Å². The van der Waals surface area contributed by atoms with Gasteiger partial charge in [0, 0.05) is 6.42 Å². The van der Waals surface area contributed by atoms with E-state index in [0.29, 0.717) is 5.13 Å². The Labute approximate surface area is 126 Å². The van der Waals surface area contributed by atoms with Gasteiger partial charge in [-0.25, -0.2) is 13.2 Å². The molecule has 0 unspecified atom stereocenters. The minimum absolute atomic E-state index is 0.112. The topological polar surface area (TPSA) is 101 Å². The second-order valence-corrected chi connectivity index (χ2v) is 8.33. The zero-order valence-corrected chi connectivity index (χ0v) is 13.2. The summed E-state index contributed by atoms with van der Waals surface area (Å²) in [5, 5.41) is 13.5. The second kappa shape index (κ2) is 6.23. The number of aromatic nitrogens is 2. The van der Waals surface area contributed by atoms with Gasteiger partial charge in [0.2, 0.25) is 5.13 Å². The van der Waals surface area contributed by atoms with Crippen molar-refractivity contribution in [3.8, 4) is 0 Å². The highest BCUT2D eigenvalue weighted by atomic mass is 35.5. The maximum absolute atomic E-state index is 11.8. The number of aryl methyl sites for hydroxylation is 1. The summed E-state index contributed by atoms with van der Waals surface area (Å²) in [6.07, 6.45) is 1.76. The van der Waals surface area contributed by atoms with Gasteiger partial charge >= 0.3 is 6.03 Å². The molecule has 1 aromatic rings. The number of hydrogen-bond donors (Lipinski definition) is 2. The van der Waals surface area contributed by atoms with Crippen LogP contribution in [-0.2, 0) is 16.3 Å². The van der Waals surface area contributed by atoms with Crippen LogP contribution < -0.4 is 10.6 Å². The van der Waals surface area contributed by atoms with E-state index in [-0.39, 0.29) is 11.5 Å². The molecule has 0 aliphatic carbocycles. The van der Waals surface area contributed by atoms with Crippen LogP contribution in [0.15, 0.2) is 0 Å². The molecule has 2 amide bonds. The summed E-state index contributed by atoms with van der Waals surface area (Å²) in [5.74, 6) is -0.245. The molecule has 112 valence electrons. The van der Waals surface area contributed by atoms with Gasteiger partial charge in [0.1, 0.15) is 5.01 Å². The third-order valence-corrected chi connectivity index (χ3v) is 6.02. The molecule has 20 heavy (non-hydrogen) atoms. The number of hydrogen-bond acceptors (Lipinski definition) is 6. The molecule has 10 heteroatoms. The Balaban J connectivity index is 1.89. The molecule has 1 fully saturated rings. The maximum Gasteiger partial charge on any atom is 0.321 e. The fourth-order valence-electron chi connectivity index (χ4n) is 1.86. The van der Waals surface area contributed by atoms with Crippen molar-refractivity contribution in [3.05, 3.63) is 5.01 Å². The van der Waals surface area contributed by atoms with Gasteiger partial charge in [0.05, 0.1) is 22.9 Å². The number of rotatable bonds is 4. The molecule has 1 aromatic heterocycles. The third-order valence-electron chi connectivity index (χ3n) is 2.75. The van der Waals surface area contributed by atoms with E-state index in [0.717, 1.165) is 17.8 Å². The van der Waals surface area contributed by atoms with Crippen molar-refractivity contribution in [2.45, 2.75) is 31.2 Å². The van der Waals surface area contributed by atoms with E-state index < -0.39 is 27.3 Å². The van der Waals surface area contributed by atoms with Gasteiger partial charge in [-0.15, -0.1) is 21.8 Å². The Morgan fingerprint density at radius 1 is 1.45 bits per heavy atom. The van der Waals surface area contributed by atoms with Crippen LogP contribution in [0.1, 0.15) is 18.4 Å². The van der Waals surface area contributed by atoms with Crippen LogP contribution in [0.4, 0.5) is 9.93 Å². The minimum atomic E-state index is -3.17. The standard InChI is InChI=1S/C10H15ClN4O3S2/c1-2-3-8-14-15-10(19-8)13-9(16)12-7-5-20(17,18)4-6(7)11/h6-7H,2-5H2,1H3,(H2,12,13,15,16)/t6-,7-/m0/s1. The predicted molar refractivity (Wildman–Crippen MR) is 78.1 cm³/mol.